The zero-order chi connectivity index (χ0) is 12.4. The fourth-order valence-corrected chi connectivity index (χ4v) is 5.54. The van der Waals surface area contributed by atoms with Crippen molar-refractivity contribution in [2.24, 2.45) is 0 Å². The summed E-state index contributed by atoms with van der Waals surface area (Å²) in [7, 11) is 0. The Morgan fingerprint density at radius 3 is 1.62 bits per heavy atom. The van der Waals surface area contributed by atoms with Gasteiger partial charge in [-0.1, -0.05) is 27.7 Å². The van der Waals surface area contributed by atoms with Gasteiger partial charge in [0.25, 0.3) is 0 Å². The van der Waals surface area contributed by atoms with Gasteiger partial charge >= 0.3 is 0 Å². The van der Waals surface area contributed by atoms with E-state index in [1.807, 2.05) is 11.8 Å². The van der Waals surface area contributed by atoms with Crippen molar-refractivity contribution in [3.05, 3.63) is 0 Å². The molecule has 0 bridgehead atoms. The first kappa shape index (κ1) is 17.4. The van der Waals surface area contributed by atoms with Crippen molar-refractivity contribution in [3.8, 4) is 0 Å². The molecule has 0 fully saturated rings. The maximum Gasteiger partial charge on any atom is 0.0110 e. The second-order valence-electron chi connectivity index (χ2n) is 4.01. The van der Waals surface area contributed by atoms with Crippen LogP contribution in [0.25, 0.3) is 0 Å². The lowest BCUT2D eigenvalue weighted by atomic mass is 10.5. The first-order valence-electron chi connectivity index (χ1n) is 5.93. The van der Waals surface area contributed by atoms with Crippen LogP contribution in [0, 0.1) is 0 Å². The third kappa shape index (κ3) is 10.5. The predicted octanol–water partition coefficient (Wildman–Crippen LogP) is 4.73. The third-order valence-electron chi connectivity index (χ3n) is 2.08. The van der Waals surface area contributed by atoms with Crippen molar-refractivity contribution < 1.29 is 0 Å². The molecule has 98 valence electrons. The van der Waals surface area contributed by atoms with E-state index < -0.39 is 0 Å². The molecule has 0 aromatic carbocycles. The smallest absolute Gasteiger partial charge is 0.0110 e. The van der Waals surface area contributed by atoms with Gasteiger partial charge < -0.3 is 0 Å². The van der Waals surface area contributed by atoms with E-state index in [-0.39, 0.29) is 0 Å². The minimum Gasteiger partial charge on any atom is -0.164 e. The van der Waals surface area contributed by atoms with E-state index >= 15 is 0 Å². The van der Waals surface area contributed by atoms with Crippen LogP contribution in [0.5, 0.6) is 0 Å². The average molecular weight is 299 g/mol. The van der Waals surface area contributed by atoms with E-state index in [9.17, 15) is 0 Å². The van der Waals surface area contributed by atoms with Crippen LogP contribution in [-0.2, 0) is 0 Å². The van der Waals surface area contributed by atoms with Crippen LogP contribution < -0.4 is 0 Å². The highest BCUT2D eigenvalue weighted by Gasteiger charge is 2.09. The summed E-state index contributed by atoms with van der Waals surface area (Å²) >= 11 is 8.29. The number of rotatable bonds is 10. The van der Waals surface area contributed by atoms with Gasteiger partial charge in [-0.3, -0.25) is 0 Å². The van der Waals surface area contributed by atoms with Crippen molar-refractivity contribution in [1.29, 1.82) is 0 Å². The van der Waals surface area contributed by atoms with E-state index in [1.165, 1.54) is 23.0 Å². The summed E-state index contributed by atoms with van der Waals surface area (Å²) in [5.74, 6) is 5.13. The maximum absolute atomic E-state index is 2.37. The van der Waals surface area contributed by atoms with Crippen molar-refractivity contribution in [3.63, 3.8) is 0 Å². The molecule has 0 rings (SSSR count). The summed E-state index contributed by atoms with van der Waals surface area (Å²) in [5, 5.41) is 2.42. The quantitative estimate of drug-likeness (QED) is 0.571. The molecular formula is C12H26S4. The zero-order valence-corrected chi connectivity index (χ0v) is 14.5. The Hall–Kier alpha value is 1.40. The van der Waals surface area contributed by atoms with Gasteiger partial charge in [-0.25, -0.2) is 0 Å². The van der Waals surface area contributed by atoms with Crippen LogP contribution >= 0.6 is 47.0 Å². The van der Waals surface area contributed by atoms with Crippen LogP contribution in [0.4, 0.5) is 0 Å². The highest BCUT2D eigenvalue weighted by Crippen LogP contribution is 2.24. The van der Waals surface area contributed by atoms with E-state index in [0.29, 0.717) is 0 Å². The lowest BCUT2D eigenvalue weighted by Gasteiger charge is -2.16. The van der Waals surface area contributed by atoms with Gasteiger partial charge in [-0.05, 0) is 12.0 Å². The second-order valence-corrected chi connectivity index (χ2v) is 9.58. The SMILES string of the molecule is CCSC(C)CSC(C)CSC(C)CSC. The van der Waals surface area contributed by atoms with Crippen LogP contribution in [-0.4, -0.2) is 45.0 Å². The van der Waals surface area contributed by atoms with E-state index in [1.54, 1.807) is 0 Å². The summed E-state index contributed by atoms with van der Waals surface area (Å²) in [6, 6.07) is 0. The summed E-state index contributed by atoms with van der Waals surface area (Å²) in [4.78, 5) is 0. The standard InChI is InChI=1S/C12H26S4/c1-6-14-11(3)8-16-12(4)9-15-10(2)7-13-5/h10-12H,6-9H2,1-5H3. The van der Waals surface area contributed by atoms with Gasteiger partial charge in [0.1, 0.15) is 0 Å². The molecule has 0 saturated carbocycles. The average Bonchev–Trinajstić information content (AvgIpc) is 2.24. The molecule has 0 aliphatic heterocycles. The Morgan fingerprint density at radius 1 is 0.750 bits per heavy atom. The minimum atomic E-state index is 0.800. The van der Waals surface area contributed by atoms with Crippen LogP contribution in [0.1, 0.15) is 27.7 Å². The van der Waals surface area contributed by atoms with Crippen molar-refractivity contribution in [1.82, 2.24) is 0 Å². The summed E-state index contributed by atoms with van der Waals surface area (Å²) in [6.45, 7) is 9.30. The zero-order valence-electron chi connectivity index (χ0n) is 11.2. The molecule has 0 aliphatic rings. The molecule has 3 atom stereocenters. The molecule has 0 spiro atoms. The molecule has 0 radical (unpaired) electrons. The molecule has 0 aromatic rings. The molecule has 4 heteroatoms. The Bertz CT molecular complexity index is 136. The highest BCUT2D eigenvalue weighted by molar-refractivity contribution is 8.05. The van der Waals surface area contributed by atoms with E-state index in [0.717, 1.165) is 15.7 Å². The Labute approximate surface area is 119 Å². The Morgan fingerprint density at radius 2 is 1.19 bits per heavy atom. The van der Waals surface area contributed by atoms with Gasteiger partial charge in [-0.15, -0.1) is 0 Å². The molecule has 0 aromatic heterocycles. The van der Waals surface area contributed by atoms with Gasteiger partial charge in [-0.2, -0.15) is 47.0 Å². The van der Waals surface area contributed by atoms with Crippen molar-refractivity contribution >= 4 is 47.0 Å². The number of thioether (sulfide) groups is 4. The fourth-order valence-electron chi connectivity index (χ4n) is 1.26. The molecule has 0 aliphatic carbocycles. The number of hydrogen-bond acceptors (Lipinski definition) is 4. The molecule has 16 heavy (non-hydrogen) atoms. The molecule has 0 N–H and O–H groups in total. The molecule has 0 heterocycles. The summed E-state index contributed by atoms with van der Waals surface area (Å²) < 4.78 is 0. The van der Waals surface area contributed by atoms with E-state index in [4.69, 9.17) is 0 Å². The molecule has 0 saturated heterocycles. The fraction of sp³-hybridized carbons (Fsp3) is 1.00. The van der Waals surface area contributed by atoms with Crippen LogP contribution in [0.3, 0.4) is 0 Å². The second kappa shape index (κ2) is 11.5. The Kier molecular flexibility index (Phi) is 12.5. The monoisotopic (exact) mass is 298 g/mol. The van der Waals surface area contributed by atoms with Gasteiger partial charge in [0, 0.05) is 33.0 Å². The van der Waals surface area contributed by atoms with E-state index in [2.05, 4.69) is 69.2 Å². The van der Waals surface area contributed by atoms with Crippen molar-refractivity contribution in [2.75, 3.05) is 29.3 Å². The molecule has 3 unspecified atom stereocenters. The summed E-state index contributed by atoms with van der Waals surface area (Å²) in [5.41, 5.74) is 0. The van der Waals surface area contributed by atoms with Crippen LogP contribution in [0.15, 0.2) is 0 Å². The number of hydrogen-bond donors (Lipinski definition) is 0. The molecular weight excluding hydrogens is 272 g/mol. The lowest BCUT2D eigenvalue weighted by Crippen LogP contribution is -2.10. The maximum atomic E-state index is 2.37. The molecule has 0 nitrogen and oxygen atoms in total. The first-order valence-corrected chi connectivity index (χ1v) is 10.5. The predicted molar refractivity (Wildman–Crippen MR) is 89.8 cm³/mol. The minimum absolute atomic E-state index is 0.800. The first-order chi connectivity index (χ1) is 7.60. The van der Waals surface area contributed by atoms with Gasteiger partial charge in [0.05, 0.1) is 0 Å². The Balaban J connectivity index is 3.46. The summed E-state index contributed by atoms with van der Waals surface area (Å²) in [6.07, 6.45) is 2.19. The third-order valence-corrected chi connectivity index (χ3v) is 7.48. The normalized spacial score (nSPS) is 17.1. The lowest BCUT2D eigenvalue weighted by molar-refractivity contribution is 1.07. The van der Waals surface area contributed by atoms with Gasteiger partial charge in [0.2, 0.25) is 0 Å². The largest absolute Gasteiger partial charge is 0.164 e. The molecule has 0 amide bonds. The highest BCUT2D eigenvalue weighted by atomic mass is 32.2. The van der Waals surface area contributed by atoms with Crippen molar-refractivity contribution in [2.45, 2.75) is 43.4 Å². The van der Waals surface area contributed by atoms with Gasteiger partial charge in [0.15, 0.2) is 0 Å². The van der Waals surface area contributed by atoms with Crippen LogP contribution in [0.2, 0.25) is 0 Å². The topological polar surface area (TPSA) is 0 Å².